The number of esters is 1. The lowest BCUT2D eigenvalue weighted by atomic mass is 9.98. The number of carbonyl (C=O) groups is 1. The van der Waals surface area contributed by atoms with Crippen LogP contribution in [0, 0.1) is 11.9 Å². The van der Waals surface area contributed by atoms with Crippen molar-refractivity contribution in [2.75, 3.05) is 31.7 Å². The van der Waals surface area contributed by atoms with Gasteiger partial charge in [-0.2, -0.15) is 4.39 Å². The van der Waals surface area contributed by atoms with Crippen LogP contribution in [0.1, 0.15) is 23.2 Å². The molecule has 104 valence electrons. The standard InChI is InChI=1S/C13H17FN2O3/c1-19-13(18)10-2-3-11(15-12(10)14)16-6-4-9(8-17)5-7-16/h2-3,9,17H,4-8H2,1H3. The zero-order chi connectivity index (χ0) is 13.8. The first-order valence-corrected chi connectivity index (χ1v) is 6.26. The average Bonchev–Trinajstić information content (AvgIpc) is 2.46. The van der Waals surface area contributed by atoms with Gasteiger partial charge in [-0.25, -0.2) is 9.78 Å². The Hall–Kier alpha value is -1.69. The van der Waals surface area contributed by atoms with Gasteiger partial charge in [0.15, 0.2) is 0 Å². The van der Waals surface area contributed by atoms with Crippen LogP contribution in [0.4, 0.5) is 10.2 Å². The fraction of sp³-hybridized carbons (Fsp3) is 0.538. The van der Waals surface area contributed by atoms with E-state index in [1.54, 1.807) is 6.07 Å². The predicted molar refractivity (Wildman–Crippen MR) is 67.6 cm³/mol. The fourth-order valence-electron chi connectivity index (χ4n) is 2.21. The molecule has 1 aromatic rings. The number of hydrogen-bond acceptors (Lipinski definition) is 5. The second-order valence-electron chi connectivity index (χ2n) is 4.61. The summed E-state index contributed by atoms with van der Waals surface area (Å²) >= 11 is 0. The molecule has 1 aliphatic heterocycles. The van der Waals surface area contributed by atoms with Gasteiger partial charge in [0.1, 0.15) is 11.4 Å². The van der Waals surface area contributed by atoms with E-state index in [4.69, 9.17) is 5.11 Å². The molecule has 0 amide bonds. The molecule has 0 spiro atoms. The van der Waals surface area contributed by atoms with Crippen LogP contribution >= 0.6 is 0 Å². The number of pyridine rings is 1. The van der Waals surface area contributed by atoms with Crippen molar-refractivity contribution in [3.63, 3.8) is 0 Å². The highest BCUT2D eigenvalue weighted by molar-refractivity contribution is 5.89. The van der Waals surface area contributed by atoms with Crippen molar-refractivity contribution in [3.8, 4) is 0 Å². The minimum atomic E-state index is -0.811. The highest BCUT2D eigenvalue weighted by Crippen LogP contribution is 2.22. The van der Waals surface area contributed by atoms with Crippen LogP contribution in [-0.2, 0) is 4.74 Å². The Morgan fingerprint density at radius 3 is 2.74 bits per heavy atom. The molecule has 19 heavy (non-hydrogen) atoms. The highest BCUT2D eigenvalue weighted by atomic mass is 19.1. The molecule has 1 fully saturated rings. The molecule has 1 N–H and O–H groups in total. The Morgan fingerprint density at radius 2 is 2.21 bits per heavy atom. The number of carbonyl (C=O) groups excluding carboxylic acids is 1. The van der Waals surface area contributed by atoms with E-state index in [2.05, 4.69) is 9.72 Å². The van der Waals surface area contributed by atoms with Crippen LogP contribution in [0.25, 0.3) is 0 Å². The van der Waals surface area contributed by atoms with Crippen LogP contribution in [0.3, 0.4) is 0 Å². The molecule has 1 aliphatic rings. The third-order valence-electron chi connectivity index (χ3n) is 3.44. The Kier molecular flexibility index (Phi) is 4.31. The first kappa shape index (κ1) is 13.7. The molecule has 0 aliphatic carbocycles. The number of halogens is 1. The summed E-state index contributed by atoms with van der Waals surface area (Å²) in [4.78, 5) is 17.0. The number of aliphatic hydroxyl groups excluding tert-OH is 1. The Morgan fingerprint density at radius 1 is 1.53 bits per heavy atom. The summed E-state index contributed by atoms with van der Waals surface area (Å²) in [6.07, 6.45) is 1.72. The lowest BCUT2D eigenvalue weighted by Crippen LogP contribution is -2.35. The SMILES string of the molecule is COC(=O)c1ccc(N2CCC(CO)CC2)nc1F. The van der Waals surface area contributed by atoms with Gasteiger partial charge in [-0.3, -0.25) is 0 Å². The summed E-state index contributed by atoms with van der Waals surface area (Å²) in [5.41, 5.74) is -0.156. The smallest absolute Gasteiger partial charge is 0.342 e. The number of anilines is 1. The lowest BCUT2D eigenvalue weighted by Gasteiger charge is -2.32. The Bertz CT molecular complexity index is 459. The van der Waals surface area contributed by atoms with E-state index in [1.807, 2.05) is 4.90 Å². The number of hydrogen-bond donors (Lipinski definition) is 1. The quantitative estimate of drug-likeness (QED) is 0.659. The minimum absolute atomic E-state index is 0.156. The normalized spacial score (nSPS) is 16.5. The van der Waals surface area contributed by atoms with Gasteiger partial charge in [0.25, 0.3) is 0 Å². The van der Waals surface area contributed by atoms with Crippen molar-refractivity contribution in [3.05, 3.63) is 23.6 Å². The van der Waals surface area contributed by atoms with E-state index in [-0.39, 0.29) is 12.2 Å². The molecule has 2 heterocycles. The van der Waals surface area contributed by atoms with Crippen molar-refractivity contribution >= 4 is 11.8 Å². The van der Waals surface area contributed by atoms with Crippen molar-refractivity contribution in [2.45, 2.75) is 12.8 Å². The van der Waals surface area contributed by atoms with Crippen molar-refractivity contribution < 1.29 is 19.0 Å². The summed E-state index contributed by atoms with van der Waals surface area (Å²) < 4.78 is 18.2. The van der Waals surface area contributed by atoms with E-state index < -0.39 is 11.9 Å². The maximum absolute atomic E-state index is 13.7. The molecule has 0 radical (unpaired) electrons. The lowest BCUT2D eigenvalue weighted by molar-refractivity contribution is 0.0594. The van der Waals surface area contributed by atoms with Gasteiger partial charge in [0.2, 0.25) is 5.95 Å². The van der Waals surface area contributed by atoms with Crippen LogP contribution in [0.5, 0.6) is 0 Å². The van der Waals surface area contributed by atoms with Gasteiger partial charge in [-0.1, -0.05) is 0 Å². The topological polar surface area (TPSA) is 62.7 Å². The maximum Gasteiger partial charge on any atom is 0.342 e. The number of rotatable bonds is 3. The molecular weight excluding hydrogens is 251 g/mol. The molecule has 6 heteroatoms. The highest BCUT2D eigenvalue weighted by Gasteiger charge is 2.21. The first-order chi connectivity index (χ1) is 9.15. The number of methoxy groups -OCH3 is 1. The minimum Gasteiger partial charge on any atom is -0.465 e. The first-order valence-electron chi connectivity index (χ1n) is 6.26. The summed E-state index contributed by atoms with van der Waals surface area (Å²) in [5.74, 6) is -0.707. The van der Waals surface area contributed by atoms with Crippen LogP contribution < -0.4 is 4.90 Å². The summed E-state index contributed by atoms with van der Waals surface area (Å²) in [6, 6.07) is 3.01. The van der Waals surface area contributed by atoms with Crippen LogP contribution in [0.2, 0.25) is 0 Å². The number of aromatic nitrogens is 1. The van der Waals surface area contributed by atoms with Crippen LogP contribution in [0.15, 0.2) is 12.1 Å². The Balaban J connectivity index is 2.10. The second kappa shape index (κ2) is 5.97. The molecule has 1 aromatic heterocycles. The van der Waals surface area contributed by atoms with Crippen molar-refractivity contribution in [1.29, 1.82) is 0 Å². The van der Waals surface area contributed by atoms with Crippen LogP contribution in [-0.4, -0.2) is 42.9 Å². The second-order valence-corrected chi connectivity index (χ2v) is 4.61. The van der Waals surface area contributed by atoms with E-state index in [9.17, 15) is 9.18 Å². The number of nitrogens with zero attached hydrogens (tertiary/aromatic N) is 2. The molecule has 2 rings (SSSR count). The molecule has 5 nitrogen and oxygen atoms in total. The summed E-state index contributed by atoms with van der Waals surface area (Å²) in [7, 11) is 1.20. The third kappa shape index (κ3) is 3.01. The van der Waals surface area contributed by atoms with E-state index in [1.165, 1.54) is 13.2 Å². The van der Waals surface area contributed by atoms with Gasteiger partial charge in [0.05, 0.1) is 7.11 Å². The molecule has 0 atom stereocenters. The van der Waals surface area contributed by atoms with E-state index in [0.29, 0.717) is 11.7 Å². The average molecular weight is 268 g/mol. The summed E-state index contributed by atoms with van der Waals surface area (Å²) in [6.45, 7) is 1.65. The van der Waals surface area contributed by atoms with Crippen molar-refractivity contribution in [1.82, 2.24) is 4.98 Å². The van der Waals surface area contributed by atoms with E-state index in [0.717, 1.165) is 25.9 Å². The number of piperidine rings is 1. The molecular formula is C13H17FN2O3. The van der Waals surface area contributed by atoms with Gasteiger partial charge < -0.3 is 14.7 Å². The van der Waals surface area contributed by atoms with Gasteiger partial charge >= 0.3 is 5.97 Å². The largest absolute Gasteiger partial charge is 0.465 e. The van der Waals surface area contributed by atoms with Crippen molar-refractivity contribution in [2.24, 2.45) is 5.92 Å². The maximum atomic E-state index is 13.7. The molecule has 0 aromatic carbocycles. The van der Waals surface area contributed by atoms with E-state index >= 15 is 0 Å². The predicted octanol–water partition coefficient (Wildman–Crippen LogP) is 1.22. The molecule has 0 bridgehead atoms. The van der Waals surface area contributed by atoms with Gasteiger partial charge in [-0.15, -0.1) is 0 Å². The fourth-order valence-corrected chi connectivity index (χ4v) is 2.21. The number of ether oxygens (including phenoxy) is 1. The molecule has 0 saturated carbocycles. The zero-order valence-electron chi connectivity index (χ0n) is 10.8. The summed E-state index contributed by atoms with van der Waals surface area (Å²) in [5, 5.41) is 9.07. The van der Waals surface area contributed by atoms with Gasteiger partial charge in [-0.05, 0) is 30.9 Å². The number of aliphatic hydroxyl groups is 1. The third-order valence-corrected chi connectivity index (χ3v) is 3.44. The van der Waals surface area contributed by atoms with Gasteiger partial charge in [0, 0.05) is 19.7 Å². The Labute approximate surface area is 111 Å². The molecule has 1 saturated heterocycles. The monoisotopic (exact) mass is 268 g/mol. The zero-order valence-corrected chi connectivity index (χ0v) is 10.8. The molecule has 0 unspecified atom stereocenters.